The van der Waals surface area contributed by atoms with Gasteiger partial charge in [0.2, 0.25) is 0 Å². The number of piperazine rings is 1. The van der Waals surface area contributed by atoms with E-state index in [0.29, 0.717) is 22.0 Å². The van der Waals surface area contributed by atoms with Gasteiger partial charge in [0, 0.05) is 44.8 Å². The largest absolute Gasteiger partial charge is 0.496 e. The number of benzene rings is 1. The highest BCUT2D eigenvalue weighted by Gasteiger charge is 2.20. The van der Waals surface area contributed by atoms with Crippen molar-refractivity contribution in [3.63, 3.8) is 0 Å². The predicted octanol–water partition coefficient (Wildman–Crippen LogP) is 1.30. The maximum Gasteiger partial charge on any atom is 0.255 e. The van der Waals surface area contributed by atoms with E-state index in [0.717, 1.165) is 32.7 Å². The fraction of sp³-hybridized carbons (Fsp3) is 0.562. The van der Waals surface area contributed by atoms with E-state index < -0.39 is 0 Å². The maximum atomic E-state index is 12.5. The van der Waals surface area contributed by atoms with Gasteiger partial charge in [-0.2, -0.15) is 0 Å². The molecule has 0 radical (unpaired) electrons. The standard InChI is InChI=1S/C16H25ClN4O2/c1-11(10-21-6-4-20(2)5-7-21)19-16(22)12-8-13(17)14(18)9-15(12)23-3/h8-9,11H,4-7,10,18H2,1-3H3,(H,19,22). The molecular weight excluding hydrogens is 316 g/mol. The number of nitrogen functional groups attached to an aromatic ring is 1. The van der Waals surface area contributed by atoms with Crippen LogP contribution in [0.1, 0.15) is 17.3 Å². The second kappa shape index (κ2) is 7.86. The maximum absolute atomic E-state index is 12.5. The summed E-state index contributed by atoms with van der Waals surface area (Å²) in [7, 11) is 3.63. The number of rotatable bonds is 5. The zero-order valence-electron chi connectivity index (χ0n) is 13.9. The van der Waals surface area contributed by atoms with E-state index in [9.17, 15) is 4.79 Å². The highest BCUT2D eigenvalue weighted by Crippen LogP contribution is 2.28. The Balaban J connectivity index is 1.97. The predicted molar refractivity (Wildman–Crippen MR) is 93.3 cm³/mol. The van der Waals surface area contributed by atoms with Gasteiger partial charge in [0.15, 0.2) is 0 Å². The minimum atomic E-state index is -0.203. The third-order valence-corrected chi connectivity index (χ3v) is 4.40. The van der Waals surface area contributed by atoms with Crippen molar-refractivity contribution in [1.82, 2.24) is 15.1 Å². The number of halogens is 1. The minimum absolute atomic E-state index is 0.0342. The lowest BCUT2D eigenvalue weighted by Crippen LogP contribution is -2.49. The lowest BCUT2D eigenvalue weighted by Gasteiger charge is -2.34. The van der Waals surface area contributed by atoms with Crippen LogP contribution in [0.2, 0.25) is 5.02 Å². The van der Waals surface area contributed by atoms with Gasteiger partial charge in [-0.05, 0) is 20.0 Å². The molecule has 0 aromatic heterocycles. The molecule has 0 aliphatic carbocycles. The summed E-state index contributed by atoms with van der Waals surface area (Å²) in [6, 6.07) is 3.16. The Labute approximate surface area is 142 Å². The number of ether oxygens (including phenoxy) is 1. The molecule has 23 heavy (non-hydrogen) atoms. The summed E-state index contributed by atoms with van der Waals surface area (Å²) < 4.78 is 5.23. The highest BCUT2D eigenvalue weighted by atomic mass is 35.5. The number of hydrogen-bond acceptors (Lipinski definition) is 5. The highest BCUT2D eigenvalue weighted by molar-refractivity contribution is 6.33. The van der Waals surface area contributed by atoms with Crippen LogP contribution in [0, 0.1) is 0 Å². The quantitative estimate of drug-likeness (QED) is 0.791. The van der Waals surface area contributed by atoms with Crippen LogP contribution in [0.25, 0.3) is 0 Å². The molecule has 1 heterocycles. The molecule has 1 atom stereocenters. The van der Waals surface area contributed by atoms with E-state index in [-0.39, 0.29) is 11.9 Å². The monoisotopic (exact) mass is 340 g/mol. The van der Waals surface area contributed by atoms with Gasteiger partial charge < -0.3 is 20.7 Å². The van der Waals surface area contributed by atoms with Crippen LogP contribution >= 0.6 is 11.6 Å². The Morgan fingerprint density at radius 1 is 1.39 bits per heavy atom. The van der Waals surface area contributed by atoms with Gasteiger partial charge in [-0.15, -0.1) is 0 Å². The number of methoxy groups -OCH3 is 1. The van der Waals surface area contributed by atoms with E-state index >= 15 is 0 Å². The number of hydrogen-bond donors (Lipinski definition) is 2. The van der Waals surface area contributed by atoms with E-state index in [1.54, 1.807) is 12.1 Å². The zero-order valence-corrected chi connectivity index (χ0v) is 14.7. The number of nitrogens with one attached hydrogen (secondary N) is 1. The number of carbonyl (C=O) groups is 1. The molecule has 128 valence electrons. The zero-order chi connectivity index (χ0) is 17.0. The molecule has 1 aliphatic heterocycles. The molecule has 0 spiro atoms. The molecule has 6 nitrogen and oxygen atoms in total. The average Bonchev–Trinajstić information content (AvgIpc) is 2.51. The van der Waals surface area contributed by atoms with Crippen molar-refractivity contribution >= 4 is 23.2 Å². The molecule has 1 unspecified atom stereocenters. The average molecular weight is 341 g/mol. The van der Waals surface area contributed by atoms with Crippen LogP contribution in [-0.2, 0) is 0 Å². The van der Waals surface area contributed by atoms with Crippen molar-refractivity contribution in [2.45, 2.75) is 13.0 Å². The lowest BCUT2D eigenvalue weighted by molar-refractivity contribution is 0.0911. The summed E-state index contributed by atoms with van der Waals surface area (Å²) >= 11 is 6.02. The summed E-state index contributed by atoms with van der Waals surface area (Å²) in [4.78, 5) is 17.1. The number of nitrogens with zero attached hydrogens (tertiary/aromatic N) is 2. The van der Waals surface area contributed by atoms with Crippen LogP contribution in [0.3, 0.4) is 0 Å². The number of anilines is 1. The van der Waals surface area contributed by atoms with Crippen molar-refractivity contribution in [3.05, 3.63) is 22.7 Å². The summed E-state index contributed by atoms with van der Waals surface area (Å²) in [6.07, 6.45) is 0. The van der Waals surface area contributed by atoms with Gasteiger partial charge in [-0.1, -0.05) is 11.6 Å². The number of carbonyl (C=O) groups excluding carboxylic acids is 1. The Hall–Kier alpha value is -1.50. The fourth-order valence-electron chi connectivity index (χ4n) is 2.68. The number of likely N-dealkylation sites (N-methyl/N-ethyl adjacent to an activating group) is 1. The lowest BCUT2D eigenvalue weighted by atomic mass is 10.1. The van der Waals surface area contributed by atoms with Gasteiger partial charge in [0.25, 0.3) is 5.91 Å². The van der Waals surface area contributed by atoms with Crippen LogP contribution in [0.5, 0.6) is 5.75 Å². The van der Waals surface area contributed by atoms with Crippen LogP contribution in [0.4, 0.5) is 5.69 Å². The topological polar surface area (TPSA) is 70.8 Å². The van der Waals surface area contributed by atoms with Crippen molar-refractivity contribution in [3.8, 4) is 5.75 Å². The number of amides is 1. The Morgan fingerprint density at radius 3 is 2.65 bits per heavy atom. The normalized spacial score (nSPS) is 17.7. The van der Waals surface area contributed by atoms with Crippen molar-refractivity contribution in [2.24, 2.45) is 0 Å². The molecule has 1 aromatic rings. The SMILES string of the molecule is COc1cc(N)c(Cl)cc1C(=O)NC(C)CN1CCN(C)CC1. The minimum Gasteiger partial charge on any atom is -0.496 e. The van der Waals surface area contributed by atoms with Gasteiger partial charge in [-0.25, -0.2) is 0 Å². The first-order valence-corrected chi connectivity index (χ1v) is 8.13. The van der Waals surface area contributed by atoms with Gasteiger partial charge >= 0.3 is 0 Å². The van der Waals surface area contributed by atoms with E-state index in [4.69, 9.17) is 22.1 Å². The van der Waals surface area contributed by atoms with Crippen LogP contribution in [-0.4, -0.2) is 68.6 Å². The second-order valence-electron chi connectivity index (χ2n) is 6.05. The first-order valence-electron chi connectivity index (χ1n) is 7.75. The first-order chi connectivity index (χ1) is 10.9. The van der Waals surface area contributed by atoms with Gasteiger partial charge in [-0.3, -0.25) is 9.69 Å². The third kappa shape index (κ3) is 4.73. The van der Waals surface area contributed by atoms with E-state index in [1.807, 2.05) is 6.92 Å². The molecular formula is C16H25ClN4O2. The molecule has 0 bridgehead atoms. The number of nitrogens with two attached hydrogens (primary N) is 1. The Morgan fingerprint density at radius 2 is 2.04 bits per heavy atom. The second-order valence-corrected chi connectivity index (χ2v) is 6.46. The molecule has 1 aromatic carbocycles. The summed E-state index contributed by atoms with van der Waals surface area (Å²) in [5.74, 6) is 0.224. The first kappa shape index (κ1) is 17.8. The Bertz CT molecular complexity index is 559. The smallest absolute Gasteiger partial charge is 0.255 e. The molecule has 2 rings (SSSR count). The molecule has 3 N–H and O–H groups in total. The summed E-state index contributed by atoms with van der Waals surface area (Å²) in [6.45, 7) is 6.98. The summed E-state index contributed by atoms with van der Waals surface area (Å²) in [5, 5.41) is 3.35. The van der Waals surface area contributed by atoms with Gasteiger partial charge in [0.05, 0.1) is 23.4 Å². The van der Waals surface area contributed by atoms with E-state index in [2.05, 4.69) is 22.2 Å². The van der Waals surface area contributed by atoms with E-state index in [1.165, 1.54) is 7.11 Å². The van der Waals surface area contributed by atoms with Crippen molar-refractivity contribution in [2.75, 3.05) is 52.6 Å². The molecule has 7 heteroatoms. The molecule has 0 saturated carbocycles. The molecule has 1 saturated heterocycles. The fourth-order valence-corrected chi connectivity index (χ4v) is 2.84. The molecule has 1 amide bonds. The van der Waals surface area contributed by atoms with Crippen molar-refractivity contribution in [1.29, 1.82) is 0 Å². The molecule has 1 aliphatic rings. The summed E-state index contributed by atoms with van der Waals surface area (Å²) in [5.41, 5.74) is 6.54. The van der Waals surface area contributed by atoms with Gasteiger partial charge in [0.1, 0.15) is 5.75 Å². The van der Waals surface area contributed by atoms with Crippen LogP contribution < -0.4 is 15.8 Å². The van der Waals surface area contributed by atoms with Crippen molar-refractivity contribution < 1.29 is 9.53 Å². The van der Waals surface area contributed by atoms with Crippen LogP contribution in [0.15, 0.2) is 12.1 Å². The Kier molecular flexibility index (Phi) is 6.10. The molecule has 1 fully saturated rings. The third-order valence-electron chi connectivity index (χ3n) is 4.07.